The number of aromatic nitrogens is 1. The number of nitrogens with zero attached hydrogens (tertiary/aromatic N) is 2. The largest absolute Gasteiger partial charge is 0.462 e. The molecule has 0 spiro atoms. The van der Waals surface area contributed by atoms with Crippen molar-refractivity contribution in [1.29, 1.82) is 0 Å². The van der Waals surface area contributed by atoms with Gasteiger partial charge in [0.25, 0.3) is 0 Å². The summed E-state index contributed by atoms with van der Waals surface area (Å²) in [5, 5.41) is -0.653. The van der Waals surface area contributed by atoms with E-state index in [0.29, 0.717) is 4.90 Å². The normalized spacial score (nSPS) is 11.6. The number of ether oxygens (including phenoxy) is 3. The highest BCUT2D eigenvalue weighted by molar-refractivity contribution is 6.30. The summed E-state index contributed by atoms with van der Waals surface area (Å²) in [4.78, 5) is 41.7. The molecule has 0 saturated heterocycles. The van der Waals surface area contributed by atoms with Gasteiger partial charge >= 0.3 is 18.2 Å². The topological polar surface area (TPSA) is 95.0 Å². The Kier molecular flexibility index (Phi) is 7.36. The molecule has 1 aromatic rings. The van der Waals surface area contributed by atoms with E-state index in [9.17, 15) is 18.8 Å². The maximum absolute atomic E-state index is 13.9. The first-order valence-corrected chi connectivity index (χ1v) is 8.83. The van der Waals surface area contributed by atoms with Gasteiger partial charge in [-0.1, -0.05) is 11.6 Å². The van der Waals surface area contributed by atoms with Crippen LogP contribution in [-0.4, -0.2) is 40.9 Å². The van der Waals surface area contributed by atoms with Gasteiger partial charge in [-0.2, -0.15) is 4.90 Å². The predicted molar refractivity (Wildman–Crippen MR) is 100 cm³/mol. The van der Waals surface area contributed by atoms with Gasteiger partial charge in [-0.05, 0) is 54.5 Å². The van der Waals surface area contributed by atoms with Gasteiger partial charge in [0.1, 0.15) is 16.8 Å². The van der Waals surface area contributed by atoms with Crippen molar-refractivity contribution >= 4 is 35.6 Å². The molecule has 0 fully saturated rings. The molecular weight excluding hydrogens is 395 g/mol. The van der Waals surface area contributed by atoms with Crippen LogP contribution in [-0.2, 0) is 14.2 Å². The minimum absolute atomic E-state index is 0.0264. The molecule has 156 valence electrons. The molecule has 0 saturated carbocycles. The van der Waals surface area contributed by atoms with Crippen molar-refractivity contribution < 1.29 is 33.0 Å². The van der Waals surface area contributed by atoms with E-state index in [0.717, 1.165) is 6.07 Å². The van der Waals surface area contributed by atoms with Crippen molar-refractivity contribution in [3.05, 3.63) is 22.6 Å². The number of rotatable bonds is 3. The number of hydrogen-bond donors (Lipinski definition) is 0. The van der Waals surface area contributed by atoms with Crippen molar-refractivity contribution in [3.8, 4) is 0 Å². The van der Waals surface area contributed by atoms with Crippen LogP contribution in [0.1, 0.15) is 58.8 Å². The summed E-state index contributed by atoms with van der Waals surface area (Å²) in [6, 6.07) is 0.727. The van der Waals surface area contributed by atoms with E-state index in [-0.39, 0.29) is 6.61 Å². The first kappa shape index (κ1) is 23.6. The molecule has 0 bridgehead atoms. The Hall–Kier alpha value is -2.42. The van der Waals surface area contributed by atoms with E-state index in [1.54, 1.807) is 41.5 Å². The molecular formula is C18H24ClFN2O6. The third-order valence-corrected chi connectivity index (χ3v) is 3.04. The van der Waals surface area contributed by atoms with Crippen molar-refractivity contribution in [1.82, 2.24) is 4.98 Å². The van der Waals surface area contributed by atoms with E-state index in [4.69, 9.17) is 25.8 Å². The molecule has 0 unspecified atom stereocenters. The molecule has 0 aliphatic rings. The van der Waals surface area contributed by atoms with E-state index in [1.807, 2.05) is 0 Å². The Morgan fingerprint density at radius 2 is 1.54 bits per heavy atom. The number of imide groups is 1. The first-order chi connectivity index (χ1) is 12.7. The van der Waals surface area contributed by atoms with Gasteiger partial charge in [-0.15, -0.1) is 0 Å². The molecule has 1 heterocycles. The molecule has 1 rings (SSSR count). The second kappa shape index (κ2) is 8.72. The van der Waals surface area contributed by atoms with Crippen LogP contribution in [0.3, 0.4) is 0 Å². The van der Waals surface area contributed by atoms with E-state index >= 15 is 0 Å². The van der Waals surface area contributed by atoms with Crippen molar-refractivity contribution in [2.75, 3.05) is 11.5 Å². The number of carbonyl (C=O) groups is 3. The van der Waals surface area contributed by atoms with E-state index in [1.165, 1.54) is 6.92 Å². The third kappa shape index (κ3) is 6.63. The molecule has 28 heavy (non-hydrogen) atoms. The average molecular weight is 419 g/mol. The van der Waals surface area contributed by atoms with Crippen LogP contribution >= 0.6 is 11.6 Å². The fourth-order valence-corrected chi connectivity index (χ4v) is 1.98. The Bertz CT molecular complexity index is 743. The van der Waals surface area contributed by atoms with E-state index in [2.05, 4.69) is 4.98 Å². The summed E-state index contributed by atoms with van der Waals surface area (Å²) in [7, 11) is 0. The number of anilines is 1. The quantitative estimate of drug-likeness (QED) is 0.398. The van der Waals surface area contributed by atoms with Crippen LogP contribution in [0, 0.1) is 5.82 Å². The highest BCUT2D eigenvalue weighted by Crippen LogP contribution is 2.28. The Balaban J connectivity index is 3.60. The highest BCUT2D eigenvalue weighted by Gasteiger charge is 2.37. The molecule has 0 atom stereocenters. The monoisotopic (exact) mass is 418 g/mol. The summed E-state index contributed by atoms with van der Waals surface area (Å²) in [6.45, 7) is 11.0. The van der Waals surface area contributed by atoms with Gasteiger partial charge in [0.2, 0.25) is 0 Å². The molecule has 1 aromatic heterocycles. The number of esters is 1. The van der Waals surface area contributed by atoms with Gasteiger partial charge in [0.15, 0.2) is 16.8 Å². The Morgan fingerprint density at radius 1 is 1.07 bits per heavy atom. The molecule has 8 nitrogen and oxygen atoms in total. The third-order valence-electron chi connectivity index (χ3n) is 2.77. The summed E-state index contributed by atoms with van der Waals surface area (Å²) >= 11 is 5.72. The molecule has 0 aliphatic heterocycles. The lowest BCUT2D eigenvalue weighted by Gasteiger charge is -2.28. The lowest BCUT2D eigenvalue weighted by Crippen LogP contribution is -2.45. The number of hydrogen-bond acceptors (Lipinski definition) is 7. The fourth-order valence-electron chi connectivity index (χ4n) is 1.85. The van der Waals surface area contributed by atoms with Crippen molar-refractivity contribution in [2.24, 2.45) is 0 Å². The van der Waals surface area contributed by atoms with Crippen LogP contribution in [0.4, 0.5) is 19.8 Å². The van der Waals surface area contributed by atoms with Gasteiger partial charge in [0, 0.05) is 0 Å². The zero-order chi connectivity index (χ0) is 21.9. The van der Waals surface area contributed by atoms with Gasteiger partial charge in [-0.3, -0.25) is 0 Å². The zero-order valence-electron chi connectivity index (χ0n) is 16.9. The van der Waals surface area contributed by atoms with Crippen LogP contribution in [0.5, 0.6) is 0 Å². The molecule has 0 aromatic carbocycles. The van der Waals surface area contributed by atoms with Crippen LogP contribution in [0.25, 0.3) is 0 Å². The molecule has 10 heteroatoms. The SMILES string of the molecule is CCOC(=O)c1cc(F)c(Cl)nc1N(C(=O)OC(C)(C)C)C(=O)OC(C)(C)C. The second-order valence-electron chi connectivity index (χ2n) is 7.65. The minimum atomic E-state index is -1.18. The van der Waals surface area contributed by atoms with Crippen molar-refractivity contribution in [3.63, 3.8) is 0 Å². The smallest absolute Gasteiger partial charge is 0.425 e. The van der Waals surface area contributed by atoms with Crippen LogP contribution in [0.2, 0.25) is 5.15 Å². The van der Waals surface area contributed by atoms with Crippen LogP contribution < -0.4 is 4.90 Å². The summed E-state index contributed by atoms with van der Waals surface area (Å²) in [5.74, 6) is -2.59. The number of pyridine rings is 1. The standard InChI is InChI=1S/C18H24ClFN2O6/c1-8-26-14(23)10-9-11(20)12(19)21-13(10)22(15(24)27-17(2,3)4)16(25)28-18(5,6)7/h9H,8H2,1-7H3. The minimum Gasteiger partial charge on any atom is -0.462 e. The first-order valence-electron chi connectivity index (χ1n) is 8.45. The molecule has 0 N–H and O–H groups in total. The maximum atomic E-state index is 13.9. The van der Waals surface area contributed by atoms with Crippen molar-refractivity contribution in [2.45, 2.75) is 59.7 Å². The van der Waals surface area contributed by atoms with Gasteiger partial charge < -0.3 is 14.2 Å². The predicted octanol–water partition coefficient (Wildman–Crippen LogP) is 4.73. The second-order valence-corrected chi connectivity index (χ2v) is 8.01. The lowest BCUT2D eigenvalue weighted by atomic mass is 10.2. The molecule has 0 radical (unpaired) electrons. The summed E-state index contributed by atoms with van der Waals surface area (Å²) in [6.07, 6.45) is -2.36. The number of amides is 2. The van der Waals surface area contributed by atoms with Gasteiger partial charge in [-0.25, -0.2) is 23.8 Å². The molecule has 0 aliphatic carbocycles. The molecule has 2 amide bonds. The highest BCUT2D eigenvalue weighted by atomic mass is 35.5. The summed E-state index contributed by atoms with van der Waals surface area (Å²) < 4.78 is 29.2. The number of carbonyl (C=O) groups excluding carboxylic acids is 3. The maximum Gasteiger partial charge on any atom is 0.425 e. The fraction of sp³-hybridized carbons (Fsp3) is 0.556. The number of halogens is 2. The Morgan fingerprint density at radius 3 is 1.93 bits per heavy atom. The summed E-state index contributed by atoms with van der Waals surface area (Å²) in [5.41, 5.74) is -2.45. The van der Waals surface area contributed by atoms with Gasteiger partial charge in [0.05, 0.1) is 6.61 Å². The Labute approximate surface area is 167 Å². The lowest BCUT2D eigenvalue weighted by molar-refractivity contribution is 0.0428. The van der Waals surface area contributed by atoms with Crippen LogP contribution in [0.15, 0.2) is 6.07 Å². The van der Waals surface area contributed by atoms with E-state index < -0.39 is 51.7 Å². The zero-order valence-corrected chi connectivity index (χ0v) is 17.6. The average Bonchev–Trinajstić information content (AvgIpc) is 2.47.